The molecule has 0 saturated carbocycles. The predicted octanol–water partition coefficient (Wildman–Crippen LogP) is 4.21. The zero-order valence-corrected chi connectivity index (χ0v) is 11.5. The summed E-state index contributed by atoms with van der Waals surface area (Å²) in [5.41, 5.74) is 0. The summed E-state index contributed by atoms with van der Waals surface area (Å²) in [6.45, 7) is 0. The molecule has 0 aliphatic heterocycles. The normalized spacial score (nSPS) is 12.5. The third-order valence-corrected chi connectivity index (χ3v) is 5.26. The smallest absolute Gasteiger partial charge is 0.168 e. The van der Waals surface area contributed by atoms with E-state index in [1.165, 1.54) is 20.6 Å². The van der Waals surface area contributed by atoms with E-state index in [-0.39, 0.29) is 10.9 Å². The van der Waals surface area contributed by atoms with Gasteiger partial charge in [-0.2, -0.15) is 0 Å². The standard InChI is InChI=1S/C17H14OS/c1-19(15-11-9-14(18)10-12-15)17-8-4-6-13-5-2-3-7-16(13)17/h2-12H,1H3/p+1. The summed E-state index contributed by atoms with van der Waals surface area (Å²) < 4.78 is 0. The Morgan fingerprint density at radius 3 is 2.26 bits per heavy atom. The van der Waals surface area contributed by atoms with Gasteiger partial charge in [-0.3, -0.25) is 0 Å². The monoisotopic (exact) mass is 267 g/mol. The molecule has 0 aromatic heterocycles. The van der Waals surface area contributed by atoms with E-state index in [0.29, 0.717) is 5.75 Å². The first-order valence-corrected chi connectivity index (χ1v) is 7.82. The fourth-order valence-corrected chi connectivity index (χ4v) is 3.84. The van der Waals surface area contributed by atoms with Gasteiger partial charge in [0.1, 0.15) is 12.0 Å². The lowest BCUT2D eigenvalue weighted by Gasteiger charge is -2.06. The molecule has 1 nitrogen and oxygen atoms in total. The molecular formula is C17H15OS+. The number of phenols is 1. The van der Waals surface area contributed by atoms with Crippen LogP contribution in [0.4, 0.5) is 0 Å². The molecule has 0 aliphatic carbocycles. The molecule has 1 N–H and O–H groups in total. The van der Waals surface area contributed by atoms with Gasteiger partial charge in [-0.1, -0.05) is 30.3 Å². The molecule has 19 heavy (non-hydrogen) atoms. The highest BCUT2D eigenvalue weighted by Gasteiger charge is 2.21. The van der Waals surface area contributed by atoms with E-state index in [0.717, 1.165) is 0 Å². The average molecular weight is 267 g/mol. The van der Waals surface area contributed by atoms with Crippen molar-refractivity contribution < 1.29 is 5.11 Å². The lowest BCUT2D eigenvalue weighted by atomic mass is 10.1. The van der Waals surface area contributed by atoms with Crippen LogP contribution < -0.4 is 0 Å². The van der Waals surface area contributed by atoms with E-state index < -0.39 is 0 Å². The Labute approximate surface area is 115 Å². The highest BCUT2D eigenvalue weighted by molar-refractivity contribution is 7.96. The van der Waals surface area contributed by atoms with Crippen molar-refractivity contribution >= 4 is 21.7 Å². The molecule has 2 heteroatoms. The number of rotatable bonds is 2. The van der Waals surface area contributed by atoms with Crippen LogP contribution in [0.1, 0.15) is 0 Å². The van der Waals surface area contributed by atoms with Crippen LogP contribution in [0.25, 0.3) is 10.8 Å². The van der Waals surface area contributed by atoms with Crippen LogP contribution in [-0.2, 0) is 10.9 Å². The summed E-state index contributed by atoms with van der Waals surface area (Å²) in [5.74, 6) is 0.318. The lowest BCUT2D eigenvalue weighted by Crippen LogP contribution is -2.01. The molecule has 3 aromatic rings. The van der Waals surface area contributed by atoms with Crippen molar-refractivity contribution in [1.82, 2.24) is 0 Å². The van der Waals surface area contributed by atoms with Gasteiger partial charge in [0.25, 0.3) is 0 Å². The summed E-state index contributed by atoms with van der Waals surface area (Å²) in [5, 5.41) is 12.0. The molecule has 0 saturated heterocycles. The second-order valence-corrected chi connectivity index (χ2v) is 6.41. The number of fused-ring (bicyclic) bond motifs is 1. The van der Waals surface area contributed by atoms with Crippen LogP contribution in [0.2, 0.25) is 0 Å². The minimum Gasteiger partial charge on any atom is -0.508 e. The van der Waals surface area contributed by atoms with Crippen LogP contribution in [-0.4, -0.2) is 11.4 Å². The maximum atomic E-state index is 9.38. The summed E-state index contributed by atoms with van der Waals surface area (Å²) in [4.78, 5) is 2.60. The van der Waals surface area contributed by atoms with Gasteiger partial charge >= 0.3 is 0 Å². The Morgan fingerprint density at radius 2 is 1.47 bits per heavy atom. The first-order chi connectivity index (χ1) is 9.25. The molecule has 0 spiro atoms. The highest BCUT2D eigenvalue weighted by atomic mass is 32.2. The van der Waals surface area contributed by atoms with Gasteiger partial charge in [0.15, 0.2) is 9.79 Å². The molecule has 3 rings (SSSR count). The zero-order chi connectivity index (χ0) is 13.2. The predicted molar refractivity (Wildman–Crippen MR) is 81.9 cm³/mol. The first kappa shape index (κ1) is 12.1. The second kappa shape index (κ2) is 4.98. The maximum absolute atomic E-state index is 9.38. The molecule has 94 valence electrons. The van der Waals surface area contributed by atoms with Gasteiger partial charge in [0.05, 0.1) is 10.9 Å². The molecule has 0 heterocycles. The van der Waals surface area contributed by atoms with Crippen LogP contribution in [0.5, 0.6) is 5.75 Å². The van der Waals surface area contributed by atoms with E-state index in [9.17, 15) is 5.11 Å². The number of phenolic OH excluding ortho intramolecular Hbond substituents is 1. The number of hydrogen-bond donors (Lipinski definition) is 1. The van der Waals surface area contributed by atoms with Gasteiger partial charge in [-0.05, 0) is 41.8 Å². The minimum absolute atomic E-state index is 0.00926. The number of benzene rings is 3. The molecule has 3 aromatic carbocycles. The lowest BCUT2D eigenvalue weighted by molar-refractivity contribution is 0.475. The van der Waals surface area contributed by atoms with Crippen molar-refractivity contribution in [2.45, 2.75) is 9.79 Å². The van der Waals surface area contributed by atoms with Crippen LogP contribution in [0, 0.1) is 0 Å². The van der Waals surface area contributed by atoms with Crippen molar-refractivity contribution in [2.24, 2.45) is 0 Å². The first-order valence-electron chi connectivity index (χ1n) is 6.18. The van der Waals surface area contributed by atoms with Crippen molar-refractivity contribution in [1.29, 1.82) is 0 Å². The number of aromatic hydroxyl groups is 1. The van der Waals surface area contributed by atoms with E-state index >= 15 is 0 Å². The fraction of sp³-hybridized carbons (Fsp3) is 0.0588. The molecule has 0 fully saturated rings. The topological polar surface area (TPSA) is 20.2 Å². The van der Waals surface area contributed by atoms with Crippen LogP contribution in [0.15, 0.2) is 76.5 Å². The summed E-state index contributed by atoms with van der Waals surface area (Å²) in [6, 6.07) is 22.4. The van der Waals surface area contributed by atoms with E-state index in [1.807, 2.05) is 12.1 Å². The SMILES string of the molecule is C[S+](c1ccc(O)cc1)c1cccc2ccccc12. The van der Waals surface area contributed by atoms with E-state index in [4.69, 9.17) is 0 Å². The van der Waals surface area contributed by atoms with Crippen LogP contribution in [0.3, 0.4) is 0 Å². The fourth-order valence-electron chi connectivity index (χ4n) is 2.24. The summed E-state index contributed by atoms with van der Waals surface area (Å²) >= 11 is 0. The highest BCUT2D eigenvalue weighted by Crippen LogP contribution is 2.29. The van der Waals surface area contributed by atoms with Gasteiger partial charge in [-0.15, -0.1) is 0 Å². The van der Waals surface area contributed by atoms with Gasteiger partial charge in [0.2, 0.25) is 0 Å². The Hall–Kier alpha value is -1.93. The van der Waals surface area contributed by atoms with Crippen molar-refractivity contribution in [3.8, 4) is 5.75 Å². The van der Waals surface area contributed by atoms with E-state index in [1.54, 1.807) is 12.1 Å². The maximum Gasteiger partial charge on any atom is 0.168 e. The Balaban J connectivity index is 2.11. The molecular weight excluding hydrogens is 252 g/mol. The Morgan fingerprint density at radius 1 is 0.789 bits per heavy atom. The van der Waals surface area contributed by atoms with Gasteiger partial charge in [-0.25, -0.2) is 0 Å². The van der Waals surface area contributed by atoms with E-state index in [2.05, 4.69) is 48.7 Å². The molecule has 0 bridgehead atoms. The molecule has 1 unspecified atom stereocenters. The third kappa shape index (κ3) is 2.32. The Bertz CT molecular complexity index is 699. The minimum atomic E-state index is 0.00926. The molecule has 1 atom stereocenters. The van der Waals surface area contributed by atoms with Gasteiger partial charge in [0, 0.05) is 5.39 Å². The molecule has 0 radical (unpaired) electrons. The summed E-state index contributed by atoms with van der Waals surface area (Å²) in [6.07, 6.45) is 2.23. The number of hydrogen-bond acceptors (Lipinski definition) is 1. The zero-order valence-electron chi connectivity index (χ0n) is 10.7. The molecule has 0 amide bonds. The largest absolute Gasteiger partial charge is 0.508 e. The Kier molecular flexibility index (Phi) is 3.18. The van der Waals surface area contributed by atoms with Crippen LogP contribution >= 0.6 is 0 Å². The van der Waals surface area contributed by atoms with Crippen molar-refractivity contribution in [3.63, 3.8) is 0 Å². The van der Waals surface area contributed by atoms with Gasteiger partial charge < -0.3 is 5.11 Å². The summed E-state index contributed by atoms with van der Waals surface area (Å²) in [7, 11) is 0.00926. The van der Waals surface area contributed by atoms with Crippen molar-refractivity contribution in [3.05, 3.63) is 66.7 Å². The molecule has 0 aliphatic rings. The van der Waals surface area contributed by atoms with Crippen molar-refractivity contribution in [2.75, 3.05) is 6.26 Å². The third-order valence-electron chi connectivity index (χ3n) is 3.27. The second-order valence-electron chi connectivity index (χ2n) is 4.48. The average Bonchev–Trinajstić information content (AvgIpc) is 2.47. The quantitative estimate of drug-likeness (QED) is 0.690.